The maximum Gasteiger partial charge on any atom is 0.573 e. The lowest BCUT2D eigenvalue weighted by Gasteiger charge is -2.12. The van der Waals surface area contributed by atoms with Crippen LogP contribution < -0.4 is 9.88 Å². The van der Waals surface area contributed by atoms with E-state index in [-0.39, 0.29) is 3.70 Å². The molecule has 1 rings (SSSR count). The van der Waals surface area contributed by atoms with Crippen molar-refractivity contribution in [3.8, 4) is 5.75 Å². The normalized spacial score (nSPS) is 12.6. The number of hydrogen-bond acceptors (Lipinski definition) is 4. The van der Waals surface area contributed by atoms with Gasteiger partial charge in [0.05, 0.1) is 0 Å². The molecule has 0 unspecified atom stereocenters. The monoisotopic (exact) mass is 382 g/mol. The Kier molecular flexibility index (Phi) is 3.88. The number of halogens is 4. The van der Waals surface area contributed by atoms with E-state index in [0.29, 0.717) is 5.56 Å². The van der Waals surface area contributed by atoms with Crippen LogP contribution in [0.3, 0.4) is 0 Å². The van der Waals surface area contributed by atoms with Crippen LogP contribution in [0.25, 0.3) is 0 Å². The Morgan fingerprint density at radius 2 is 2.00 bits per heavy atom. The van der Waals surface area contributed by atoms with E-state index in [1.165, 1.54) is 6.92 Å². The molecule has 0 aromatic carbocycles. The molecule has 1 aromatic rings. The van der Waals surface area contributed by atoms with E-state index in [1.807, 2.05) is 0 Å². The van der Waals surface area contributed by atoms with Crippen molar-refractivity contribution in [1.82, 2.24) is 4.98 Å². The first-order valence-electron chi connectivity index (χ1n) is 3.96. The van der Waals surface area contributed by atoms with Crippen molar-refractivity contribution in [3.05, 3.63) is 15.3 Å². The molecule has 0 saturated carbocycles. The predicted molar refractivity (Wildman–Crippen MR) is 59.7 cm³/mol. The topological polar surface area (TPSA) is 82.3 Å². The van der Waals surface area contributed by atoms with Gasteiger partial charge in [0.2, 0.25) is 5.03 Å². The minimum Gasteiger partial charge on any atom is -0.403 e. The Balaban J connectivity index is 3.42. The maximum atomic E-state index is 12.1. The molecular weight excluding hydrogens is 376 g/mol. The number of ether oxygens (including phenoxy) is 1. The fraction of sp³-hybridized carbons (Fsp3) is 0.286. The van der Waals surface area contributed by atoms with Crippen molar-refractivity contribution in [1.29, 1.82) is 0 Å². The van der Waals surface area contributed by atoms with E-state index in [0.717, 1.165) is 6.07 Å². The van der Waals surface area contributed by atoms with Gasteiger partial charge in [0.25, 0.3) is 10.0 Å². The van der Waals surface area contributed by atoms with Gasteiger partial charge in [-0.1, -0.05) is 0 Å². The molecule has 0 aliphatic carbocycles. The first-order chi connectivity index (χ1) is 7.50. The molecule has 0 bridgehead atoms. The number of primary sulfonamides is 1. The molecule has 0 aliphatic rings. The summed E-state index contributed by atoms with van der Waals surface area (Å²) in [5.41, 5.74) is 0.345. The van der Waals surface area contributed by atoms with Gasteiger partial charge in [-0.3, -0.25) is 0 Å². The second-order valence-corrected chi connectivity index (χ2v) is 5.49. The van der Waals surface area contributed by atoms with Crippen LogP contribution in [0.15, 0.2) is 11.1 Å². The molecule has 96 valence electrons. The van der Waals surface area contributed by atoms with Gasteiger partial charge in [0, 0.05) is 0 Å². The minimum absolute atomic E-state index is 0.223. The standard InChI is InChI=1S/C7H6F3IN2O3S/c1-3-2-4(16-7(8,9)10)6(13-5(3)11)17(12,14)15/h2H,1H3,(H2,12,14,15). The summed E-state index contributed by atoms with van der Waals surface area (Å²) in [4.78, 5) is 3.48. The lowest BCUT2D eigenvalue weighted by Crippen LogP contribution is -2.22. The number of nitrogens with zero attached hydrogens (tertiary/aromatic N) is 1. The lowest BCUT2D eigenvalue weighted by molar-refractivity contribution is -0.275. The zero-order valence-electron chi connectivity index (χ0n) is 8.25. The van der Waals surface area contributed by atoms with Crippen molar-refractivity contribution in [2.24, 2.45) is 5.14 Å². The van der Waals surface area contributed by atoms with E-state index < -0.39 is 27.2 Å². The average Bonchev–Trinajstić information content (AvgIpc) is 2.06. The first-order valence-corrected chi connectivity index (χ1v) is 6.59. The van der Waals surface area contributed by atoms with E-state index in [1.54, 1.807) is 22.6 Å². The number of hydrogen-bond donors (Lipinski definition) is 1. The summed E-state index contributed by atoms with van der Waals surface area (Å²) in [5.74, 6) is -0.932. The molecule has 1 heterocycles. The lowest BCUT2D eigenvalue weighted by atomic mass is 10.3. The van der Waals surface area contributed by atoms with Crippen molar-refractivity contribution >= 4 is 32.6 Å². The highest BCUT2D eigenvalue weighted by Gasteiger charge is 2.34. The number of rotatable bonds is 2. The summed E-state index contributed by atoms with van der Waals surface area (Å²) in [5, 5.41) is 3.81. The van der Waals surface area contributed by atoms with Gasteiger partial charge in [0.1, 0.15) is 3.70 Å². The van der Waals surface area contributed by atoms with Crippen molar-refractivity contribution in [2.75, 3.05) is 0 Å². The fourth-order valence-corrected chi connectivity index (χ4v) is 2.11. The van der Waals surface area contributed by atoms with Crippen molar-refractivity contribution < 1.29 is 26.3 Å². The number of alkyl halides is 3. The van der Waals surface area contributed by atoms with Crippen LogP contribution in [-0.2, 0) is 10.0 Å². The highest BCUT2D eigenvalue weighted by atomic mass is 127. The Morgan fingerprint density at radius 1 is 1.47 bits per heavy atom. The van der Waals surface area contributed by atoms with Crippen molar-refractivity contribution in [3.63, 3.8) is 0 Å². The summed E-state index contributed by atoms with van der Waals surface area (Å²) in [7, 11) is -4.39. The minimum atomic E-state index is -5.01. The largest absolute Gasteiger partial charge is 0.573 e. The Bertz CT molecular complexity index is 544. The zero-order chi connectivity index (χ0) is 13.4. The number of aromatic nitrogens is 1. The zero-order valence-corrected chi connectivity index (χ0v) is 11.2. The van der Waals surface area contributed by atoms with Gasteiger partial charge >= 0.3 is 6.36 Å². The van der Waals surface area contributed by atoms with Crippen LogP contribution in [0.2, 0.25) is 0 Å². The average molecular weight is 382 g/mol. The van der Waals surface area contributed by atoms with Gasteiger partial charge in [-0.15, -0.1) is 13.2 Å². The molecule has 0 fully saturated rings. The molecule has 1 aromatic heterocycles. The van der Waals surface area contributed by atoms with Gasteiger partial charge in [-0.2, -0.15) is 0 Å². The Labute approximate surface area is 108 Å². The van der Waals surface area contributed by atoms with E-state index in [9.17, 15) is 21.6 Å². The SMILES string of the molecule is Cc1cc(OC(F)(F)F)c(S(N)(=O)=O)nc1I. The molecule has 0 atom stereocenters. The number of nitrogens with two attached hydrogens (primary N) is 1. The van der Waals surface area contributed by atoms with Gasteiger partial charge < -0.3 is 4.74 Å². The molecular formula is C7H6F3IN2O3S. The number of sulfonamides is 1. The molecule has 0 aliphatic heterocycles. The third kappa shape index (κ3) is 3.96. The molecule has 10 heteroatoms. The van der Waals surface area contributed by atoms with Crippen molar-refractivity contribution in [2.45, 2.75) is 18.3 Å². The second-order valence-electron chi connectivity index (χ2n) is 2.99. The van der Waals surface area contributed by atoms with E-state index in [2.05, 4.69) is 9.72 Å². The highest BCUT2D eigenvalue weighted by molar-refractivity contribution is 14.1. The van der Waals surface area contributed by atoms with Crippen LogP contribution >= 0.6 is 22.6 Å². The third-order valence-electron chi connectivity index (χ3n) is 1.58. The number of aryl methyl sites for hydroxylation is 1. The predicted octanol–water partition coefficient (Wildman–Crippen LogP) is 1.54. The summed E-state index contributed by atoms with van der Waals surface area (Å²) in [6, 6.07) is 0.919. The quantitative estimate of drug-likeness (QED) is 0.622. The third-order valence-corrected chi connectivity index (χ3v) is 3.50. The highest BCUT2D eigenvalue weighted by Crippen LogP contribution is 2.29. The first kappa shape index (κ1) is 14.4. The molecule has 17 heavy (non-hydrogen) atoms. The summed E-state index contributed by atoms with van der Waals surface area (Å²) >= 11 is 1.68. The van der Waals surface area contributed by atoms with Crippen LogP contribution in [0, 0.1) is 10.6 Å². The smallest absolute Gasteiger partial charge is 0.403 e. The maximum absolute atomic E-state index is 12.1. The summed E-state index contributed by atoms with van der Waals surface area (Å²) in [6.45, 7) is 1.46. The van der Waals surface area contributed by atoms with Gasteiger partial charge in [-0.05, 0) is 41.1 Å². The Morgan fingerprint density at radius 3 is 2.41 bits per heavy atom. The molecule has 0 amide bonds. The van der Waals surface area contributed by atoms with Crippen LogP contribution in [0.1, 0.15) is 5.56 Å². The summed E-state index contributed by atoms with van der Waals surface area (Å²) in [6.07, 6.45) is -5.01. The Hall–Kier alpha value is -0.620. The molecule has 0 radical (unpaired) electrons. The van der Waals surface area contributed by atoms with Gasteiger partial charge in [0.15, 0.2) is 5.75 Å². The molecule has 2 N–H and O–H groups in total. The van der Waals surface area contributed by atoms with Gasteiger partial charge in [-0.25, -0.2) is 18.5 Å². The molecule has 0 spiro atoms. The fourth-order valence-electron chi connectivity index (χ4n) is 0.952. The number of pyridine rings is 1. The molecule has 5 nitrogen and oxygen atoms in total. The van der Waals surface area contributed by atoms with E-state index in [4.69, 9.17) is 5.14 Å². The second kappa shape index (κ2) is 4.57. The molecule has 0 saturated heterocycles. The van der Waals surface area contributed by atoms with Crippen LogP contribution in [-0.4, -0.2) is 19.8 Å². The summed E-state index contributed by atoms with van der Waals surface area (Å²) < 4.78 is 62.1. The van der Waals surface area contributed by atoms with Crippen LogP contribution in [0.5, 0.6) is 5.75 Å². The van der Waals surface area contributed by atoms with Crippen LogP contribution in [0.4, 0.5) is 13.2 Å². The van der Waals surface area contributed by atoms with E-state index >= 15 is 0 Å².